The number of fused-ring (bicyclic) bond motifs is 1. The molecular formula is C30H28F6N6O6S. The summed E-state index contributed by atoms with van der Waals surface area (Å²) in [6, 6.07) is 16.4. The molecule has 12 nitrogen and oxygen atoms in total. The lowest BCUT2D eigenvalue weighted by atomic mass is 9.87. The third-order valence-electron chi connectivity index (χ3n) is 7.01. The lowest BCUT2D eigenvalue weighted by Gasteiger charge is -2.20. The zero-order chi connectivity index (χ0) is 36.5. The number of hydrogen-bond acceptors (Lipinski definition) is 9. The van der Waals surface area contributed by atoms with Gasteiger partial charge >= 0.3 is 24.3 Å². The Bertz CT molecular complexity index is 1700. The number of likely N-dealkylation sites (N-methyl/N-ethyl adjacent to an activating group) is 1. The van der Waals surface area contributed by atoms with Crippen molar-refractivity contribution in [1.29, 1.82) is 5.26 Å². The summed E-state index contributed by atoms with van der Waals surface area (Å²) in [5, 5.41) is 33.2. The molecular weight excluding hydrogens is 686 g/mol. The van der Waals surface area contributed by atoms with Gasteiger partial charge in [0.25, 0.3) is 5.91 Å². The van der Waals surface area contributed by atoms with Gasteiger partial charge in [-0.05, 0) is 42.9 Å². The van der Waals surface area contributed by atoms with Crippen LogP contribution in [0.5, 0.6) is 0 Å². The normalized spacial score (nSPS) is 17.2. The van der Waals surface area contributed by atoms with Crippen LogP contribution in [-0.4, -0.2) is 82.9 Å². The molecule has 2 amide bonds. The van der Waals surface area contributed by atoms with E-state index >= 15 is 0 Å². The fourth-order valence-corrected chi connectivity index (χ4v) is 5.75. The SMILES string of the molecule is CN1CCc2nc(NC(=O)c3cccc([C@@H]4CNC[C@H]4C(=O)Nc4cccc(C#N)c4)c3)sc2C1.O=C(O)C(F)(F)F.O=C(O)C(F)(F)F. The van der Waals surface area contributed by atoms with Crippen LogP contribution in [0.1, 0.15) is 38.0 Å². The van der Waals surface area contributed by atoms with Crippen molar-refractivity contribution >= 4 is 45.9 Å². The molecule has 5 N–H and O–H groups in total. The van der Waals surface area contributed by atoms with E-state index in [2.05, 4.69) is 39.0 Å². The Kier molecular flexibility index (Phi) is 12.8. The van der Waals surface area contributed by atoms with E-state index in [4.69, 9.17) is 25.1 Å². The lowest BCUT2D eigenvalue weighted by Crippen LogP contribution is -2.28. The van der Waals surface area contributed by atoms with Gasteiger partial charge in [-0.3, -0.25) is 14.9 Å². The molecule has 3 heterocycles. The van der Waals surface area contributed by atoms with Crippen molar-refractivity contribution in [3.8, 4) is 6.07 Å². The smallest absolute Gasteiger partial charge is 0.475 e. The fraction of sp³-hybridized carbons (Fsp3) is 0.333. The fourth-order valence-electron chi connectivity index (χ4n) is 4.66. The van der Waals surface area contributed by atoms with E-state index < -0.39 is 24.3 Å². The number of aliphatic carboxylic acids is 2. The number of carboxylic acid groups (broad SMARTS) is 2. The molecule has 2 aliphatic heterocycles. The predicted molar refractivity (Wildman–Crippen MR) is 163 cm³/mol. The van der Waals surface area contributed by atoms with Gasteiger partial charge in [0, 0.05) is 54.6 Å². The number of halogens is 6. The maximum absolute atomic E-state index is 13.1. The van der Waals surface area contributed by atoms with Gasteiger partial charge in [0.05, 0.1) is 23.2 Å². The van der Waals surface area contributed by atoms with E-state index in [0.29, 0.717) is 35.0 Å². The minimum atomic E-state index is -5.08. The number of aromatic nitrogens is 1. The number of carbonyl (C=O) groups excluding carboxylic acids is 2. The van der Waals surface area contributed by atoms with Crippen molar-refractivity contribution in [3.63, 3.8) is 0 Å². The first kappa shape index (κ1) is 38.4. The van der Waals surface area contributed by atoms with E-state index in [1.807, 2.05) is 18.2 Å². The Morgan fingerprint density at radius 3 is 2.22 bits per heavy atom. The van der Waals surface area contributed by atoms with Gasteiger partial charge in [-0.2, -0.15) is 31.6 Å². The number of nitrogens with one attached hydrogen (secondary N) is 3. The van der Waals surface area contributed by atoms with Crippen molar-refractivity contribution in [2.45, 2.75) is 31.2 Å². The van der Waals surface area contributed by atoms with E-state index in [0.717, 1.165) is 30.8 Å². The molecule has 3 aromatic rings. The van der Waals surface area contributed by atoms with Crippen LogP contribution in [-0.2, 0) is 27.3 Å². The van der Waals surface area contributed by atoms with Crippen molar-refractivity contribution in [1.82, 2.24) is 15.2 Å². The van der Waals surface area contributed by atoms with Gasteiger partial charge in [-0.1, -0.05) is 18.2 Å². The first-order chi connectivity index (χ1) is 22.9. The Hall–Kier alpha value is -5.06. The molecule has 2 atom stereocenters. The molecule has 0 unspecified atom stereocenters. The number of carboxylic acids is 2. The van der Waals surface area contributed by atoms with Crippen LogP contribution in [0.2, 0.25) is 0 Å². The summed E-state index contributed by atoms with van der Waals surface area (Å²) in [6.45, 7) is 3.02. The monoisotopic (exact) mass is 714 g/mol. The third kappa shape index (κ3) is 11.3. The number of nitrogens with zero attached hydrogens (tertiary/aromatic N) is 3. The first-order valence-corrected chi connectivity index (χ1v) is 14.9. The van der Waals surface area contributed by atoms with Crippen LogP contribution < -0.4 is 16.0 Å². The molecule has 2 aliphatic rings. The summed E-state index contributed by atoms with van der Waals surface area (Å²) in [7, 11) is 2.08. The summed E-state index contributed by atoms with van der Waals surface area (Å²) >= 11 is 1.53. The number of alkyl halides is 6. The molecule has 1 aromatic heterocycles. The van der Waals surface area contributed by atoms with Gasteiger partial charge in [0.2, 0.25) is 5.91 Å². The molecule has 19 heteroatoms. The number of carbonyl (C=O) groups is 4. The third-order valence-corrected chi connectivity index (χ3v) is 8.01. The molecule has 0 spiro atoms. The highest BCUT2D eigenvalue weighted by atomic mass is 32.1. The largest absolute Gasteiger partial charge is 0.490 e. The summed E-state index contributed by atoms with van der Waals surface area (Å²) in [6.07, 6.45) is -9.27. The van der Waals surface area contributed by atoms with Crippen LogP contribution in [0.3, 0.4) is 0 Å². The molecule has 0 saturated carbocycles. The topological polar surface area (TPSA) is 185 Å². The highest BCUT2D eigenvalue weighted by molar-refractivity contribution is 7.15. The molecule has 49 heavy (non-hydrogen) atoms. The number of thiazole rings is 1. The Morgan fingerprint density at radius 2 is 1.61 bits per heavy atom. The van der Waals surface area contributed by atoms with Gasteiger partial charge < -0.3 is 25.7 Å². The zero-order valence-corrected chi connectivity index (χ0v) is 26.2. The van der Waals surface area contributed by atoms with Crippen LogP contribution >= 0.6 is 11.3 Å². The lowest BCUT2D eigenvalue weighted by molar-refractivity contribution is -0.193. The quantitative estimate of drug-likeness (QED) is 0.237. The average molecular weight is 715 g/mol. The van der Waals surface area contributed by atoms with E-state index in [1.165, 1.54) is 16.2 Å². The summed E-state index contributed by atoms with van der Waals surface area (Å²) in [5.74, 6) is -6.18. The maximum Gasteiger partial charge on any atom is 0.490 e. The Morgan fingerprint density at radius 1 is 0.980 bits per heavy atom. The minimum absolute atomic E-state index is 0.0652. The summed E-state index contributed by atoms with van der Waals surface area (Å²) < 4.78 is 63.5. The molecule has 0 bridgehead atoms. The Balaban J connectivity index is 0.000000392. The predicted octanol–water partition coefficient (Wildman–Crippen LogP) is 4.46. The molecule has 1 saturated heterocycles. The molecule has 5 rings (SSSR count). The van der Waals surface area contributed by atoms with Crippen LogP contribution in [0.15, 0.2) is 48.5 Å². The molecule has 0 aliphatic carbocycles. The zero-order valence-electron chi connectivity index (χ0n) is 25.4. The number of anilines is 2. The van der Waals surface area contributed by atoms with E-state index in [9.17, 15) is 35.9 Å². The van der Waals surface area contributed by atoms with E-state index in [-0.39, 0.29) is 23.7 Å². The first-order valence-electron chi connectivity index (χ1n) is 14.1. The second kappa shape index (κ2) is 16.4. The highest BCUT2D eigenvalue weighted by Crippen LogP contribution is 2.31. The molecule has 2 aromatic carbocycles. The number of rotatable bonds is 5. The summed E-state index contributed by atoms with van der Waals surface area (Å²) in [4.78, 5) is 51.9. The number of nitriles is 1. The highest BCUT2D eigenvalue weighted by Gasteiger charge is 2.39. The van der Waals surface area contributed by atoms with Gasteiger partial charge in [-0.25, -0.2) is 14.6 Å². The molecule has 262 valence electrons. The van der Waals surface area contributed by atoms with Gasteiger partial charge in [-0.15, -0.1) is 11.3 Å². The average Bonchev–Trinajstić information content (AvgIpc) is 3.68. The standard InChI is InChI=1S/C26H26N6O2S.2C2HF3O2/c1-32-9-8-22-23(15-32)35-26(30-22)31-24(33)18-6-3-5-17(11-18)20-13-28-14-21(20)25(34)29-19-7-2-4-16(10-19)12-27;2*3-2(4,5)1(6)7/h2-7,10-11,20-21,28H,8-9,13-15H2,1H3,(H,29,34)(H,30,31,33);2*(H,6,7)/t20-,21+;;/m0../s1. The molecule has 1 fully saturated rings. The number of amides is 2. The van der Waals surface area contributed by atoms with Crippen molar-refractivity contribution in [2.75, 3.05) is 37.3 Å². The van der Waals surface area contributed by atoms with E-state index in [1.54, 1.807) is 30.3 Å². The van der Waals surface area contributed by atoms with Gasteiger partial charge in [0.1, 0.15) is 0 Å². The number of hydrogen-bond donors (Lipinski definition) is 5. The van der Waals surface area contributed by atoms with Crippen molar-refractivity contribution in [2.24, 2.45) is 5.92 Å². The van der Waals surface area contributed by atoms with Crippen LogP contribution in [0.4, 0.5) is 37.2 Å². The summed E-state index contributed by atoms with van der Waals surface area (Å²) in [5.41, 5.74) is 3.65. The van der Waals surface area contributed by atoms with Gasteiger partial charge in [0.15, 0.2) is 5.13 Å². The maximum atomic E-state index is 13.1. The minimum Gasteiger partial charge on any atom is -0.475 e. The van der Waals surface area contributed by atoms with Crippen molar-refractivity contribution in [3.05, 3.63) is 75.8 Å². The second-order valence-electron chi connectivity index (χ2n) is 10.6. The number of benzene rings is 2. The second-order valence-corrected chi connectivity index (χ2v) is 11.7. The van der Waals surface area contributed by atoms with Crippen molar-refractivity contribution < 1.29 is 55.7 Å². The molecule has 0 radical (unpaired) electrons. The Labute approximate surface area is 278 Å². The van der Waals surface area contributed by atoms with Crippen LogP contribution in [0, 0.1) is 17.2 Å². The van der Waals surface area contributed by atoms with Crippen LogP contribution in [0.25, 0.3) is 0 Å².